The Bertz CT molecular complexity index is 973. The molecule has 0 saturated carbocycles. The van der Waals surface area contributed by atoms with Crippen LogP contribution in [0, 0.1) is 0 Å². The zero-order chi connectivity index (χ0) is 24.2. The summed E-state index contributed by atoms with van der Waals surface area (Å²) in [5.41, 5.74) is 2.45. The van der Waals surface area contributed by atoms with Crippen molar-refractivity contribution < 1.29 is 22.7 Å². The number of nitrogens with zero attached hydrogens (tertiary/aromatic N) is 2. The van der Waals surface area contributed by atoms with Gasteiger partial charge in [-0.25, -0.2) is 4.99 Å². The van der Waals surface area contributed by atoms with Crippen molar-refractivity contribution in [1.82, 2.24) is 15.5 Å². The average molecular weight is 464 g/mol. The molecule has 0 bridgehead atoms. The van der Waals surface area contributed by atoms with E-state index in [4.69, 9.17) is 0 Å². The van der Waals surface area contributed by atoms with Crippen molar-refractivity contribution in [1.29, 1.82) is 0 Å². The van der Waals surface area contributed by atoms with Crippen LogP contribution in [0.15, 0.2) is 64.8 Å². The van der Waals surface area contributed by atoms with Gasteiger partial charge in [0.1, 0.15) is 18.3 Å². The van der Waals surface area contributed by atoms with E-state index in [1.54, 1.807) is 17.1 Å². The van der Waals surface area contributed by atoms with Crippen molar-refractivity contribution in [2.75, 3.05) is 25.1 Å². The molecule has 2 heterocycles. The van der Waals surface area contributed by atoms with E-state index in [-0.39, 0.29) is 23.7 Å². The first-order valence-electron chi connectivity index (χ1n) is 10.6. The maximum atomic E-state index is 12.8. The van der Waals surface area contributed by atoms with Gasteiger partial charge in [0.05, 0.1) is 0 Å². The first kappa shape index (κ1) is 24.4. The quantitative estimate of drug-likeness (QED) is 0.460. The molecule has 1 fully saturated rings. The smallest absolute Gasteiger partial charge is 0.406 e. The molecule has 1 aromatic carbocycles. The summed E-state index contributed by atoms with van der Waals surface area (Å²) in [6, 6.07) is 5.80. The van der Waals surface area contributed by atoms with Crippen LogP contribution in [0.5, 0.6) is 5.75 Å². The topological polar surface area (TPSA) is 78.0 Å². The first-order valence-corrected chi connectivity index (χ1v) is 10.6. The van der Waals surface area contributed by atoms with E-state index in [1.165, 1.54) is 24.3 Å². The Morgan fingerprint density at radius 1 is 1.24 bits per heavy atom. The van der Waals surface area contributed by atoms with E-state index in [0.717, 1.165) is 5.70 Å². The zero-order valence-corrected chi connectivity index (χ0v) is 18.8. The molecule has 33 heavy (non-hydrogen) atoms. The van der Waals surface area contributed by atoms with Gasteiger partial charge in [0.15, 0.2) is 0 Å². The van der Waals surface area contributed by atoms with Crippen molar-refractivity contribution >= 4 is 17.4 Å². The predicted octanol–water partition coefficient (Wildman–Crippen LogP) is 3.55. The number of piperazine rings is 1. The van der Waals surface area contributed by atoms with Gasteiger partial charge < -0.3 is 25.6 Å². The summed E-state index contributed by atoms with van der Waals surface area (Å²) < 4.78 is 41.0. The molecule has 2 aliphatic heterocycles. The maximum Gasteiger partial charge on any atom is 0.573 e. The standard InChI is InChI=1S/C23H28F3N5O2/c1-14(22(32)31-11-15(2)29-16(3)12-31)5-10-20-17(4)27-13-28-21(20)30-18-6-8-19(9-7-18)33-23(24,25)26/h5-10,15-16,27,29H,1,11-13H2,2-4H3,(H,28,30)/b10-5-. The van der Waals surface area contributed by atoms with E-state index in [0.29, 0.717) is 42.4 Å². The highest BCUT2D eigenvalue weighted by atomic mass is 19.4. The summed E-state index contributed by atoms with van der Waals surface area (Å²) in [5.74, 6) is 0.0929. The Kier molecular flexibility index (Phi) is 7.47. The van der Waals surface area contributed by atoms with E-state index < -0.39 is 6.36 Å². The molecule has 7 nitrogen and oxygen atoms in total. The molecule has 1 aromatic rings. The van der Waals surface area contributed by atoms with E-state index in [2.05, 4.69) is 32.3 Å². The second kappa shape index (κ2) is 10.1. The lowest BCUT2D eigenvalue weighted by Gasteiger charge is -2.36. The van der Waals surface area contributed by atoms with Crippen LogP contribution in [0.3, 0.4) is 0 Å². The van der Waals surface area contributed by atoms with Gasteiger partial charge in [0.2, 0.25) is 0 Å². The molecule has 178 valence electrons. The lowest BCUT2D eigenvalue weighted by atomic mass is 10.1. The fraction of sp³-hybridized carbons (Fsp3) is 0.391. The van der Waals surface area contributed by atoms with Crippen LogP contribution in [0.4, 0.5) is 18.9 Å². The fourth-order valence-corrected chi connectivity index (χ4v) is 3.73. The molecule has 0 spiro atoms. The molecule has 1 saturated heterocycles. The molecule has 0 aromatic heterocycles. The van der Waals surface area contributed by atoms with Gasteiger partial charge in [-0.2, -0.15) is 0 Å². The molecular formula is C23H28F3N5O2. The largest absolute Gasteiger partial charge is 0.573 e. The third kappa shape index (κ3) is 6.85. The number of benzene rings is 1. The lowest BCUT2D eigenvalue weighted by Crippen LogP contribution is -2.56. The monoisotopic (exact) mass is 463 g/mol. The summed E-state index contributed by atoms with van der Waals surface area (Å²) in [6.45, 7) is 11.4. The van der Waals surface area contributed by atoms with Gasteiger partial charge in [0.25, 0.3) is 5.91 Å². The Morgan fingerprint density at radius 2 is 1.88 bits per heavy atom. The van der Waals surface area contributed by atoms with Crippen molar-refractivity contribution in [3.05, 3.63) is 59.8 Å². The van der Waals surface area contributed by atoms with E-state index in [1.807, 2.05) is 20.8 Å². The van der Waals surface area contributed by atoms with Gasteiger partial charge in [-0.3, -0.25) is 4.79 Å². The molecular weight excluding hydrogens is 435 g/mol. The molecule has 3 N–H and O–H groups in total. The Morgan fingerprint density at radius 3 is 2.48 bits per heavy atom. The van der Waals surface area contributed by atoms with E-state index >= 15 is 0 Å². The third-order valence-electron chi connectivity index (χ3n) is 5.16. The number of allylic oxidation sites excluding steroid dienone is 1. The van der Waals surface area contributed by atoms with Gasteiger partial charge in [0, 0.05) is 47.7 Å². The Balaban J connectivity index is 1.68. The molecule has 1 amide bonds. The number of ether oxygens (including phenoxy) is 1. The second-order valence-electron chi connectivity index (χ2n) is 8.11. The zero-order valence-electron chi connectivity index (χ0n) is 18.8. The third-order valence-corrected chi connectivity index (χ3v) is 5.16. The summed E-state index contributed by atoms with van der Waals surface area (Å²) >= 11 is 0. The van der Waals surface area contributed by atoms with Crippen LogP contribution >= 0.6 is 0 Å². The van der Waals surface area contributed by atoms with Crippen LogP contribution in [-0.4, -0.2) is 54.8 Å². The van der Waals surface area contributed by atoms with Crippen LogP contribution in [0.1, 0.15) is 20.8 Å². The lowest BCUT2D eigenvalue weighted by molar-refractivity contribution is -0.274. The minimum Gasteiger partial charge on any atom is -0.406 e. The molecule has 2 unspecified atom stereocenters. The number of amides is 1. The molecule has 10 heteroatoms. The summed E-state index contributed by atoms with van der Waals surface area (Å²) in [6.07, 6.45) is -1.33. The summed E-state index contributed by atoms with van der Waals surface area (Å²) in [7, 11) is 0. The number of hydrogen-bond acceptors (Lipinski definition) is 6. The van der Waals surface area contributed by atoms with Gasteiger partial charge in [-0.15, -0.1) is 13.2 Å². The fourth-order valence-electron chi connectivity index (χ4n) is 3.73. The Labute approximate surface area is 191 Å². The highest BCUT2D eigenvalue weighted by Crippen LogP contribution is 2.24. The van der Waals surface area contributed by atoms with Crippen LogP contribution in [0.2, 0.25) is 0 Å². The SMILES string of the molecule is C=C(/C=C\C1=C(C)NCN=C1Nc1ccc(OC(F)(F)F)cc1)C(=O)N1CC(C)NC(C)C1. The minimum absolute atomic E-state index is 0.125. The average Bonchev–Trinajstić information content (AvgIpc) is 2.72. The molecule has 0 radical (unpaired) electrons. The molecule has 2 atom stereocenters. The number of alkyl halides is 3. The number of carbonyl (C=O) groups is 1. The van der Waals surface area contributed by atoms with Crippen molar-refractivity contribution in [3.63, 3.8) is 0 Å². The maximum absolute atomic E-state index is 12.8. The number of hydrogen-bond donors (Lipinski definition) is 3. The Hall–Kier alpha value is -3.27. The number of amidine groups is 1. The highest BCUT2D eigenvalue weighted by molar-refractivity contribution is 6.11. The highest BCUT2D eigenvalue weighted by Gasteiger charge is 2.31. The van der Waals surface area contributed by atoms with Crippen LogP contribution in [-0.2, 0) is 4.79 Å². The van der Waals surface area contributed by atoms with Crippen molar-refractivity contribution in [2.24, 2.45) is 4.99 Å². The van der Waals surface area contributed by atoms with Crippen molar-refractivity contribution in [2.45, 2.75) is 39.2 Å². The number of nitrogens with one attached hydrogen (secondary N) is 3. The first-order chi connectivity index (χ1) is 15.5. The number of rotatable bonds is 5. The van der Waals surface area contributed by atoms with Gasteiger partial charge in [-0.05, 0) is 57.2 Å². The normalized spacial score (nSPS) is 21.5. The van der Waals surface area contributed by atoms with Gasteiger partial charge in [-0.1, -0.05) is 6.58 Å². The van der Waals surface area contributed by atoms with Crippen LogP contribution < -0.4 is 20.7 Å². The number of halogens is 3. The van der Waals surface area contributed by atoms with Gasteiger partial charge >= 0.3 is 6.36 Å². The molecule has 2 aliphatic rings. The molecule has 0 aliphatic carbocycles. The van der Waals surface area contributed by atoms with E-state index in [9.17, 15) is 18.0 Å². The molecule has 3 rings (SSSR count). The second-order valence-corrected chi connectivity index (χ2v) is 8.11. The minimum atomic E-state index is -4.74. The van der Waals surface area contributed by atoms with Crippen LogP contribution in [0.25, 0.3) is 0 Å². The number of aliphatic imine (C=N–C) groups is 1. The summed E-state index contributed by atoms with van der Waals surface area (Å²) in [5, 5.41) is 9.63. The predicted molar refractivity (Wildman–Crippen MR) is 122 cm³/mol. The number of carbonyl (C=O) groups excluding carboxylic acids is 1. The van der Waals surface area contributed by atoms with Crippen molar-refractivity contribution in [3.8, 4) is 5.75 Å². The number of anilines is 1. The summed E-state index contributed by atoms with van der Waals surface area (Å²) in [4.78, 5) is 19.0.